The Bertz CT molecular complexity index is 642. The van der Waals surface area contributed by atoms with Crippen molar-refractivity contribution < 1.29 is 19.2 Å². The lowest BCUT2D eigenvalue weighted by Crippen LogP contribution is -2.46. The highest BCUT2D eigenvalue weighted by atomic mass is 16.2. The normalized spacial score (nSPS) is 16.0. The molecule has 0 unspecified atom stereocenters. The molecule has 3 N–H and O–H groups in total. The van der Waals surface area contributed by atoms with Crippen molar-refractivity contribution >= 4 is 23.9 Å². The number of imide groups is 2. The van der Waals surface area contributed by atoms with Gasteiger partial charge in [0.15, 0.2) is 0 Å². The predicted molar refractivity (Wildman–Crippen MR) is 81.1 cm³/mol. The van der Waals surface area contributed by atoms with Gasteiger partial charge in [0.2, 0.25) is 5.91 Å². The van der Waals surface area contributed by atoms with Crippen molar-refractivity contribution in [2.45, 2.75) is 25.9 Å². The number of nitrogens with one attached hydrogen (secondary N) is 3. The molecule has 6 amide bonds. The molecule has 8 nitrogen and oxygen atoms in total. The molecule has 122 valence electrons. The van der Waals surface area contributed by atoms with Crippen LogP contribution in [0.5, 0.6) is 0 Å². The van der Waals surface area contributed by atoms with Gasteiger partial charge in [0.1, 0.15) is 12.1 Å². The molecule has 0 saturated carbocycles. The van der Waals surface area contributed by atoms with Gasteiger partial charge in [-0.15, -0.1) is 0 Å². The van der Waals surface area contributed by atoms with Crippen molar-refractivity contribution in [3.63, 3.8) is 0 Å². The van der Waals surface area contributed by atoms with Gasteiger partial charge < -0.3 is 10.6 Å². The van der Waals surface area contributed by atoms with Crippen molar-refractivity contribution in [1.29, 1.82) is 0 Å². The molecular weight excluding hydrogens is 300 g/mol. The van der Waals surface area contributed by atoms with E-state index in [-0.39, 0.29) is 6.54 Å². The van der Waals surface area contributed by atoms with Crippen molar-refractivity contribution in [1.82, 2.24) is 20.9 Å². The fourth-order valence-electron chi connectivity index (χ4n) is 2.09. The first kappa shape index (κ1) is 16.5. The lowest BCUT2D eigenvalue weighted by molar-refractivity contribution is -0.133. The molecule has 0 aromatic heterocycles. The Morgan fingerprint density at radius 3 is 2.39 bits per heavy atom. The van der Waals surface area contributed by atoms with Gasteiger partial charge in [-0.3, -0.25) is 19.8 Å². The third-order valence-corrected chi connectivity index (χ3v) is 3.29. The fraction of sp³-hybridized carbons (Fsp3) is 0.333. The van der Waals surface area contributed by atoms with Crippen LogP contribution in [0, 0.1) is 0 Å². The first-order valence-corrected chi connectivity index (χ1v) is 7.05. The van der Waals surface area contributed by atoms with Crippen LogP contribution >= 0.6 is 0 Å². The maximum atomic E-state index is 11.9. The van der Waals surface area contributed by atoms with Gasteiger partial charge in [0.25, 0.3) is 5.91 Å². The van der Waals surface area contributed by atoms with Crippen molar-refractivity contribution in [3.8, 4) is 0 Å². The van der Waals surface area contributed by atoms with Crippen LogP contribution in [0.3, 0.4) is 0 Å². The van der Waals surface area contributed by atoms with Crippen molar-refractivity contribution in [2.75, 3.05) is 6.54 Å². The number of benzene rings is 1. The second kappa shape index (κ2) is 6.47. The summed E-state index contributed by atoms with van der Waals surface area (Å²) in [6, 6.07) is 7.84. The molecule has 0 atom stereocenters. The van der Waals surface area contributed by atoms with Gasteiger partial charge in [0, 0.05) is 6.54 Å². The molecule has 0 aliphatic carbocycles. The van der Waals surface area contributed by atoms with Gasteiger partial charge in [0.05, 0.1) is 0 Å². The van der Waals surface area contributed by atoms with Crippen molar-refractivity contribution in [2.24, 2.45) is 0 Å². The maximum Gasteiger partial charge on any atom is 0.325 e. The number of hydrogen-bond acceptors (Lipinski definition) is 4. The van der Waals surface area contributed by atoms with E-state index in [9.17, 15) is 19.2 Å². The Hall–Kier alpha value is -2.90. The minimum atomic E-state index is -1.05. The topological polar surface area (TPSA) is 108 Å². The molecule has 0 bridgehead atoms. The molecule has 1 aromatic rings. The summed E-state index contributed by atoms with van der Waals surface area (Å²) < 4.78 is 0. The molecule has 0 spiro atoms. The van der Waals surface area contributed by atoms with Crippen LogP contribution in [0.25, 0.3) is 0 Å². The molecule has 1 heterocycles. The quantitative estimate of drug-likeness (QED) is 0.696. The monoisotopic (exact) mass is 318 g/mol. The fourth-order valence-corrected chi connectivity index (χ4v) is 2.09. The first-order valence-electron chi connectivity index (χ1n) is 7.05. The second-order valence-electron chi connectivity index (χ2n) is 5.66. The summed E-state index contributed by atoms with van der Waals surface area (Å²) in [6.07, 6.45) is 0. The van der Waals surface area contributed by atoms with Crippen LogP contribution in [-0.4, -0.2) is 40.9 Å². The van der Waals surface area contributed by atoms with Crippen molar-refractivity contribution in [3.05, 3.63) is 35.9 Å². The first-order chi connectivity index (χ1) is 10.8. The number of rotatable bonds is 4. The highest BCUT2D eigenvalue weighted by Crippen LogP contribution is 2.15. The Balaban J connectivity index is 1.82. The third-order valence-electron chi connectivity index (χ3n) is 3.29. The van der Waals surface area contributed by atoms with Crippen LogP contribution in [0.1, 0.15) is 19.4 Å². The molecule has 1 aliphatic rings. The lowest BCUT2D eigenvalue weighted by atomic mass is 10.1. The van der Waals surface area contributed by atoms with Crippen LogP contribution in [0.15, 0.2) is 30.3 Å². The molecule has 23 heavy (non-hydrogen) atoms. The molecule has 8 heteroatoms. The number of amides is 6. The molecular formula is C15H18N4O4. The van der Waals surface area contributed by atoms with E-state index in [2.05, 4.69) is 16.0 Å². The maximum absolute atomic E-state index is 11.9. The highest BCUT2D eigenvalue weighted by Gasteiger charge is 2.44. The molecule has 1 aromatic carbocycles. The second-order valence-corrected chi connectivity index (χ2v) is 5.66. The molecule has 2 rings (SSSR count). The number of carbonyl (C=O) groups is 4. The zero-order valence-electron chi connectivity index (χ0n) is 12.9. The Morgan fingerprint density at radius 1 is 1.17 bits per heavy atom. The number of carbonyl (C=O) groups excluding carboxylic acids is 4. The number of hydrogen-bond donors (Lipinski definition) is 3. The summed E-state index contributed by atoms with van der Waals surface area (Å²) in [6.45, 7) is 2.83. The van der Waals surface area contributed by atoms with E-state index in [1.54, 1.807) is 0 Å². The standard InChI is InChI=1S/C15H18N4O4/c1-15(2)12(21)19(14(23)18-15)9-11(20)17-13(22)16-8-10-6-4-3-5-7-10/h3-7H,8-9H2,1-2H3,(H,18,23)(H2,16,17,20,22). The van der Waals surface area contributed by atoms with Gasteiger partial charge in [-0.1, -0.05) is 30.3 Å². The van der Waals surface area contributed by atoms with E-state index in [1.165, 1.54) is 13.8 Å². The van der Waals surface area contributed by atoms with Gasteiger partial charge in [-0.2, -0.15) is 0 Å². The molecule has 1 fully saturated rings. The summed E-state index contributed by atoms with van der Waals surface area (Å²) in [4.78, 5) is 47.8. The largest absolute Gasteiger partial charge is 0.334 e. The Morgan fingerprint density at radius 2 is 1.83 bits per heavy atom. The Labute approximate surface area is 133 Å². The van der Waals surface area contributed by atoms with Crippen LogP contribution in [-0.2, 0) is 16.1 Å². The zero-order chi connectivity index (χ0) is 17.0. The van der Waals surface area contributed by atoms with Gasteiger partial charge in [-0.05, 0) is 19.4 Å². The smallest absolute Gasteiger partial charge is 0.325 e. The highest BCUT2D eigenvalue weighted by molar-refractivity contribution is 6.09. The summed E-state index contributed by atoms with van der Waals surface area (Å²) in [5.41, 5.74) is -0.168. The SMILES string of the molecule is CC1(C)NC(=O)N(CC(=O)NC(=O)NCc2ccccc2)C1=O. The van der Waals surface area contributed by atoms with Crippen LogP contribution < -0.4 is 16.0 Å². The van der Waals surface area contributed by atoms with E-state index >= 15 is 0 Å². The summed E-state index contributed by atoms with van der Waals surface area (Å²) in [5, 5.41) is 7.06. The summed E-state index contributed by atoms with van der Waals surface area (Å²) in [7, 11) is 0. The molecule has 1 aliphatic heterocycles. The van der Waals surface area contributed by atoms with E-state index in [4.69, 9.17) is 0 Å². The predicted octanol–water partition coefficient (Wildman–Crippen LogP) is 0.343. The van der Waals surface area contributed by atoms with Crippen LogP contribution in [0.4, 0.5) is 9.59 Å². The summed E-state index contributed by atoms with van der Waals surface area (Å²) in [5.74, 6) is -1.25. The summed E-state index contributed by atoms with van der Waals surface area (Å²) >= 11 is 0. The average molecular weight is 318 g/mol. The average Bonchev–Trinajstić information content (AvgIpc) is 2.68. The molecule has 0 radical (unpaired) electrons. The van der Waals surface area contributed by atoms with Crippen LogP contribution in [0.2, 0.25) is 0 Å². The van der Waals surface area contributed by atoms with Gasteiger partial charge >= 0.3 is 12.1 Å². The van der Waals surface area contributed by atoms with E-state index in [1.807, 2.05) is 30.3 Å². The third kappa shape index (κ3) is 4.06. The van der Waals surface area contributed by atoms with E-state index in [0.29, 0.717) is 0 Å². The molecule has 1 saturated heterocycles. The zero-order valence-corrected chi connectivity index (χ0v) is 12.9. The number of nitrogens with zero attached hydrogens (tertiary/aromatic N) is 1. The number of urea groups is 2. The van der Waals surface area contributed by atoms with Gasteiger partial charge in [-0.25, -0.2) is 9.59 Å². The Kier molecular flexibility index (Phi) is 4.63. The lowest BCUT2D eigenvalue weighted by Gasteiger charge is -2.15. The van der Waals surface area contributed by atoms with E-state index < -0.39 is 36.0 Å². The minimum absolute atomic E-state index is 0.260. The minimum Gasteiger partial charge on any atom is -0.334 e. The van der Waals surface area contributed by atoms with E-state index in [0.717, 1.165) is 10.5 Å².